The maximum absolute atomic E-state index is 13.1. The molecule has 3 aromatic rings. The Bertz CT molecular complexity index is 1340. The van der Waals surface area contributed by atoms with E-state index in [1.807, 2.05) is 53.4 Å². The molecule has 3 aromatic carbocycles. The number of rotatable bonds is 8. The van der Waals surface area contributed by atoms with Gasteiger partial charge in [-0.15, -0.1) is 0 Å². The summed E-state index contributed by atoms with van der Waals surface area (Å²) >= 11 is 8.42. The van der Waals surface area contributed by atoms with E-state index in [9.17, 15) is 9.59 Å². The minimum atomic E-state index is -0.471. The van der Waals surface area contributed by atoms with Crippen molar-refractivity contribution >= 4 is 52.0 Å². The molecule has 37 heavy (non-hydrogen) atoms. The Hall–Kier alpha value is -2.19. The zero-order chi connectivity index (χ0) is 25.9. The molecule has 3 unspecified atom stereocenters. The first-order valence-electron chi connectivity index (χ1n) is 12.0. The number of halogens is 2. The molecule has 0 radical (unpaired) electrons. The minimum absolute atomic E-state index is 0.0841. The lowest BCUT2D eigenvalue weighted by Gasteiger charge is -2.28. The molecule has 0 saturated heterocycles. The van der Waals surface area contributed by atoms with Gasteiger partial charge in [-0.1, -0.05) is 35.9 Å². The molecule has 5 rings (SSSR count). The van der Waals surface area contributed by atoms with Gasteiger partial charge in [0, 0.05) is 12.1 Å². The summed E-state index contributed by atoms with van der Waals surface area (Å²) in [6.07, 6.45) is 3.21. The number of hydrogen-bond donors (Lipinski definition) is 0. The summed E-state index contributed by atoms with van der Waals surface area (Å²) in [6, 6.07) is 19.1. The summed E-state index contributed by atoms with van der Waals surface area (Å²) in [5, 5.41) is 0.352. The molecule has 1 aliphatic carbocycles. The standard InChI is InChI=1S/C28H26ClINO5P/c1-34-28(33)23-14-19(8-11-24(23)29)18-5-2-4-17(12-18)16-35-21-9-10-22-20(13-21)15-31(27(22)32)25-6-3-7-26(25)36-37-30/h2,4-5,8-14,25-26,37H,3,6-7,15-16H2,1H3. The Labute approximate surface area is 236 Å². The molecule has 3 atom stereocenters. The van der Waals surface area contributed by atoms with Gasteiger partial charge in [-0.05, 0) is 100.0 Å². The number of methoxy groups -OCH3 is 1. The summed E-state index contributed by atoms with van der Waals surface area (Å²) in [5.41, 5.74) is 4.86. The van der Waals surface area contributed by atoms with Crippen molar-refractivity contribution in [1.29, 1.82) is 0 Å². The van der Waals surface area contributed by atoms with E-state index in [-0.39, 0.29) is 18.1 Å². The molecule has 0 spiro atoms. The third-order valence-electron chi connectivity index (χ3n) is 6.96. The zero-order valence-electron chi connectivity index (χ0n) is 20.2. The number of ether oxygens (including phenoxy) is 2. The molecule has 2 aliphatic rings. The molecule has 0 N–H and O–H groups in total. The lowest BCUT2D eigenvalue weighted by Crippen LogP contribution is -2.40. The van der Waals surface area contributed by atoms with Gasteiger partial charge >= 0.3 is 5.97 Å². The fourth-order valence-electron chi connectivity index (χ4n) is 5.11. The van der Waals surface area contributed by atoms with Crippen LogP contribution in [0.3, 0.4) is 0 Å². The summed E-state index contributed by atoms with van der Waals surface area (Å²) < 4.78 is 16.9. The number of amides is 1. The Morgan fingerprint density at radius 3 is 2.76 bits per heavy atom. The van der Waals surface area contributed by atoms with E-state index in [1.54, 1.807) is 12.1 Å². The molecule has 1 fully saturated rings. The van der Waals surface area contributed by atoms with E-state index >= 15 is 0 Å². The lowest BCUT2D eigenvalue weighted by atomic mass is 10.0. The van der Waals surface area contributed by atoms with Crippen LogP contribution in [0, 0.1) is 0 Å². The monoisotopic (exact) mass is 649 g/mol. The van der Waals surface area contributed by atoms with E-state index in [4.69, 9.17) is 25.6 Å². The number of fused-ring (bicyclic) bond motifs is 1. The van der Waals surface area contributed by atoms with Gasteiger partial charge in [0.05, 0.1) is 36.3 Å². The molecular weight excluding hydrogens is 624 g/mol. The fourth-order valence-corrected chi connectivity index (χ4v) is 6.68. The molecule has 9 heteroatoms. The van der Waals surface area contributed by atoms with Crippen LogP contribution in [0.2, 0.25) is 5.02 Å². The average molecular weight is 650 g/mol. The summed E-state index contributed by atoms with van der Waals surface area (Å²) in [6.45, 7) is 1.37. The first-order valence-corrected chi connectivity index (χ1v) is 16.4. The van der Waals surface area contributed by atoms with Gasteiger partial charge in [0.25, 0.3) is 5.91 Å². The van der Waals surface area contributed by atoms with Gasteiger partial charge in [0.1, 0.15) is 12.4 Å². The predicted molar refractivity (Wildman–Crippen MR) is 154 cm³/mol. The van der Waals surface area contributed by atoms with Crippen molar-refractivity contribution in [2.24, 2.45) is 0 Å². The molecule has 1 saturated carbocycles. The largest absolute Gasteiger partial charge is 0.489 e. The zero-order valence-corrected chi connectivity index (χ0v) is 24.1. The first-order chi connectivity index (χ1) is 18.0. The highest BCUT2D eigenvalue weighted by Gasteiger charge is 2.39. The number of esters is 1. The van der Waals surface area contributed by atoms with Crippen LogP contribution >= 0.6 is 40.1 Å². The van der Waals surface area contributed by atoms with E-state index in [0.29, 0.717) is 30.2 Å². The van der Waals surface area contributed by atoms with Gasteiger partial charge in [0.15, 0.2) is 0 Å². The second-order valence-electron chi connectivity index (χ2n) is 9.16. The van der Waals surface area contributed by atoms with Gasteiger partial charge in [-0.25, -0.2) is 4.79 Å². The van der Waals surface area contributed by atoms with E-state index in [2.05, 4.69) is 22.0 Å². The van der Waals surface area contributed by atoms with Crippen LogP contribution in [0.25, 0.3) is 11.1 Å². The van der Waals surface area contributed by atoms with Crippen molar-refractivity contribution in [3.05, 3.63) is 87.9 Å². The first kappa shape index (κ1) is 26.4. The quantitative estimate of drug-likeness (QED) is 0.147. The second-order valence-corrected chi connectivity index (χ2v) is 11.3. The summed E-state index contributed by atoms with van der Waals surface area (Å²) in [4.78, 5) is 27.1. The van der Waals surface area contributed by atoms with Crippen LogP contribution in [0.4, 0.5) is 0 Å². The van der Waals surface area contributed by atoms with E-state index in [1.165, 1.54) is 7.11 Å². The maximum atomic E-state index is 13.1. The third-order valence-corrected chi connectivity index (χ3v) is 8.44. The maximum Gasteiger partial charge on any atom is 0.339 e. The number of nitrogens with zero attached hydrogens (tertiary/aromatic N) is 1. The van der Waals surface area contributed by atoms with Crippen molar-refractivity contribution < 1.29 is 23.6 Å². The molecule has 1 amide bonds. The molecule has 1 aliphatic heterocycles. The van der Waals surface area contributed by atoms with Crippen LogP contribution in [-0.2, 0) is 22.4 Å². The third kappa shape index (κ3) is 5.65. The summed E-state index contributed by atoms with van der Waals surface area (Å²) in [5.74, 6) is 0.341. The normalized spacial score (nSPS) is 19.0. The fraction of sp³-hybridized carbons (Fsp3) is 0.286. The van der Waals surface area contributed by atoms with E-state index < -0.39 is 5.97 Å². The highest BCUT2D eigenvalue weighted by atomic mass is 127. The van der Waals surface area contributed by atoms with Crippen molar-refractivity contribution in [1.82, 2.24) is 4.90 Å². The molecule has 0 bridgehead atoms. The van der Waals surface area contributed by atoms with Crippen molar-refractivity contribution in [3.8, 4) is 16.9 Å². The molecule has 6 nitrogen and oxygen atoms in total. The van der Waals surface area contributed by atoms with Gasteiger partial charge in [-0.3, -0.25) is 4.79 Å². The number of hydrogen-bond acceptors (Lipinski definition) is 5. The second kappa shape index (κ2) is 11.7. The Balaban J connectivity index is 1.28. The van der Waals surface area contributed by atoms with Crippen LogP contribution in [0.15, 0.2) is 60.7 Å². The Morgan fingerprint density at radius 2 is 1.95 bits per heavy atom. The van der Waals surface area contributed by atoms with Crippen LogP contribution in [0.1, 0.15) is 51.1 Å². The van der Waals surface area contributed by atoms with E-state index in [0.717, 1.165) is 52.8 Å². The summed E-state index contributed by atoms with van der Waals surface area (Å²) in [7, 11) is 1.34. The number of carbonyl (C=O) groups excluding carboxylic acids is 2. The molecule has 192 valence electrons. The SMILES string of the molecule is COC(=O)c1cc(-c2cccc(COc3ccc4c(c3)CN(C3CCCC3OPI)C4=O)c2)ccc1Cl. The predicted octanol–water partition coefficient (Wildman–Crippen LogP) is 7.21. The number of carbonyl (C=O) groups is 2. The van der Waals surface area contributed by atoms with Crippen LogP contribution in [0.5, 0.6) is 5.75 Å². The topological polar surface area (TPSA) is 65.1 Å². The Kier molecular flexibility index (Phi) is 8.34. The smallest absolute Gasteiger partial charge is 0.339 e. The molecule has 1 heterocycles. The van der Waals surface area contributed by atoms with Crippen molar-refractivity contribution in [3.63, 3.8) is 0 Å². The van der Waals surface area contributed by atoms with Crippen LogP contribution < -0.4 is 4.74 Å². The van der Waals surface area contributed by atoms with Gasteiger partial charge in [-0.2, -0.15) is 0 Å². The Morgan fingerprint density at radius 1 is 1.11 bits per heavy atom. The average Bonchev–Trinajstić information content (AvgIpc) is 3.51. The molecular formula is C28H26ClINO5P. The van der Waals surface area contributed by atoms with Gasteiger partial charge in [0.2, 0.25) is 0 Å². The lowest BCUT2D eigenvalue weighted by molar-refractivity contribution is 0.0569. The van der Waals surface area contributed by atoms with Crippen LogP contribution in [-0.4, -0.2) is 36.0 Å². The van der Waals surface area contributed by atoms with Crippen molar-refractivity contribution in [2.45, 2.75) is 44.6 Å². The minimum Gasteiger partial charge on any atom is -0.489 e. The highest BCUT2D eigenvalue weighted by Crippen LogP contribution is 2.38. The highest BCUT2D eigenvalue weighted by molar-refractivity contribution is 14.2. The molecule has 0 aromatic heterocycles. The van der Waals surface area contributed by atoms with Crippen molar-refractivity contribution in [2.75, 3.05) is 7.11 Å². The van der Waals surface area contributed by atoms with Gasteiger partial charge < -0.3 is 18.9 Å². The number of benzene rings is 3.